The molecule has 0 radical (unpaired) electrons. The Morgan fingerprint density at radius 3 is 2.38 bits per heavy atom. The number of methoxy groups -OCH3 is 1. The summed E-state index contributed by atoms with van der Waals surface area (Å²) in [6.07, 6.45) is 0.979. The van der Waals surface area contributed by atoms with Crippen LogP contribution in [0.5, 0.6) is 5.75 Å². The van der Waals surface area contributed by atoms with E-state index in [2.05, 4.69) is 0 Å². The number of aromatic nitrogens is 1. The molecule has 1 aromatic heterocycles. The van der Waals surface area contributed by atoms with Crippen LogP contribution in [0.2, 0.25) is 0 Å². The van der Waals surface area contributed by atoms with Crippen LogP contribution in [0.1, 0.15) is 47.3 Å². The summed E-state index contributed by atoms with van der Waals surface area (Å²) < 4.78 is 34.1. The summed E-state index contributed by atoms with van der Waals surface area (Å²) in [7, 11) is 1.32. The summed E-state index contributed by atoms with van der Waals surface area (Å²) in [5.41, 5.74) is 1.30. The smallest absolute Gasteiger partial charge is 0.311 e. The zero-order valence-electron chi connectivity index (χ0n) is 16.3. The largest absolute Gasteiger partial charge is 0.494 e. The number of aliphatic carboxylic acids is 1. The molecule has 1 N–H and O–H groups in total. The van der Waals surface area contributed by atoms with E-state index in [4.69, 9.17) is 4.74 Å². The van der Waals surface area contributed by atoms with E-state index in [1.54, 1.807) is 6.92 Å². The number of halogens is 2. The van der Waals surface area contributed by atoms with Crippen LogP contribution < -0.4 is 4.74 Å². The van der Waals surface area contributed by atoms with Crippen molar-refractivity contribution >= 4 is 22.8 Å². The van der Waals surface area contributed by atoms with Crippen LogP contribution in [0, 0.1) is 18.6 Å². The Morgan fingerprint density at radius 1 is 1.17 bits per heavy atom. The third-order valence-corrected chi connectivity index (χ3v) is 5.04. The van der Waals surface area contributed by atoms with Crippen molar-refractivity contribution in [3.63, 3.8) is 0 Å². The summed E-state index contributed by atoms with van der Waals surface area (Å²) in [6.45, 7) is 3.50. The molecule has 0 aliphatic heterocycles. The standard InChI is InChI=1S/C22H21F2NO4/c1-4-5-15(22(27)28)20-12(2)25(21(26)13-6-8-14(23)9-7-13)18-11-17(24)19(29-3)10-16(18)20/h6-11,15H,4-5H2,1-3H3,(H,27,28). The van der Waals surface area contributed by atoms with Crippen molar-refractivity contribution in [2.45, 2.75) is 32.6 Å². The van der Waals surface area contributed by atoms with Crippen LogP contribution in [0.4, 0.5) is 8.78 Å². The fraction of sp³-hybridized carbons (Fsp3) is 0.273. The minimum atomic E-state index is -1.02. The molecule has 2 aromatic carbocycles. The van der Waals surface area contributed by atoms with Crippen LogP contribution in [0.3, 0.4) is 0 Å². The molecule has 0 aliphatic carbocycles. The second kappa shape index (κ2) is 8.03. The highest BCUT2D eigenvalue weighted by Crippen LogP contribution is 2.38. The number of carboxylic acid groups (broad SMARTS) is 1. The summed E-state index contributed by atoms with van der Waals surface area (Å²) in [6, 6.07) is 7.59. The van der Waals surface area contributed by atoms with Gasteiger partial charge in [-0.2, -0.15) is 0 Å². The van der Waals surface area contributed by atoms with Gasteiger partial charge in [-0.25, -0.2) is 8.78 Å². The molecule has 29 heavy (non-hydrogen) atoms. The minimum Gasteiger partial charge on any atom is -0.494 e. The minimum absolute atomic E-state index is 0.0363. The molecular weight excluding hydrogens is 380 g/mol. The zero-order valence-corrected chi connectivity index (χ0v) is 16.3. The van der Waals surface area contributed by atoms with Crippen LogP contribution in [0.25, 0.3) is 10.9 Å². The van der Waals surface area contributed by atoms with Crippen LogP contribution in [0.15, 0.2) is 36.4 Å². The molecule has 152 valence electrons. The van der Waals surface area contributed by atoms with Gasteiger partial charge in [-0.3, -0.25) is 14.2 Å². The van der Waals surface area contributed by atoms with Crippen molar-refractivity contribution in [2.24, 2.45) is 0 Å². The van der Waals surface area contributed by atoms with E-state index in [1.807, 2.05) is 6.92 Å². The van der Waals surface area contributed by atoms with Gasteiger partial charge in [0, 0.05) is 22.7 Å². The Labute approximate surface area is 166 Å². The second-order valence-corrected chi connectivity index (χ2v) is 6.83. The van der Waals surface area contributed by atoms with Crippen LogP contribution >= 0.6 is 0 Å². The van der Waals surface area contributed by atoms with Gasteiger partial charge in [-0.15, -0.1) is 0 Å². The highest BCUT2D eigenvalue weighted by atomic mass is 19.1. The molecule has 0 saturated carbocycles. The molecule has 1 unspecified atom stereocenters. The van der Waals surface area contributed by atoms with Gasteiger partial charge in [0.05, 0.1) is 18.5 Å². The van der Waals surface area contributed by atoms with Crippen molar-refractivity contribution in [3.8, 4) is 5.75 Å². The first-order valence-corrected chi connectivity index (χ1v) is 9.21. The van der Waals surface area contributed by atoms with Crippen molar-refractivity contribution in [2.75, 3.05) is 7.11 Å². The molecule has 0 spiro atoms. The fourth-order valence-corrected chi connectivity index (χ4v) is 3.70. The Balaban J connectivity index is 2.33. The van der Waals surface area contributed by atoms with Gasteiger partial charge in [-0.1, -0.05) is 13.3 Å². The van der Waals surface area contributed by atoms with Crippen LogP contribution in [-0.4, -0.2) is 28.7 Å². The molecule has 0 fully saturated rings. The lowest BCUT2D eigenvalue weighted by molar-refractivity contribution is -0.139. The SMILES string of the molecule is CCCC(C(=O)O)c1c(C)n(C(=O)c2ccc(F)cc2)c2cc(F)c(OC)cc12. The Morgan fingerprint density at radius 2 is 1.83 bits per heavy atom. The molecule has 3 aromatic rings. The average molecular weight is 401 g/mol. The first kappa shape index (κ1) is 20.5. The number of nitrogens with zero attached hydrogens (tertiary/aromatic N) is 1. The molecule has 0 amide bonds. The number of fused-ring (bicyclic) bond motifs is 1. The number of rotatable bonds is 6. The molecule has 7 heteroatoms. The van der Waals surface area contributed by atoms with Gasteiger partial charge in [0.2, 0.25) is 0 Å². The average Bonchev–Trinajstić information content (AvgIpc) is 2.95. The molecule has 3 rings (SSSR count). The molecule has 0 saturated heterocycles. The molecule has 1 heterocycles. The van der Waals surface area contributed by atoms with E-state index < -0.39 is 29.4 Å². The lowest BCUT2D eigenvalue weighted by Crippen LogP contribution is -2.16. The third-order valence-electron chi connectivity index (χ3n) is 5.04. The number of benzene rings is 2. The van der Waals surface area contributed by atoms with Crippen molar-refractivity contribution in [1.82, 2.24) is 4.57 Å². The monoisotopic (exact) mass is 401 g/mol. The number of carboxylic acids is 1. The maximum absolute atomic E-state index is 14.5. The van der Waals surface area contributed by atoms with Crippen molar-refractivity contribution in [1.29, 1.82) is 0 Å². The lowest BCUT2D eigenvalue weighted by atomic mass is 9.92. The van der Waals surface area contributed by atoms with E-state index in [-0.39, 0.29) is 16.8 Å². The van der Waals surface area contributed by atoms with Gasteiger partial charge in [0.15, 0.2) is 11.6 Å². The first-order valence-electron chi connectivity index (χ1n) is 9.21. The fourth-order valence-electron chi connectivity index (χ4n) is 3.70. The van der Waals surface area contributed by atoms with Gasteiger partial charge in [0.1, 0.15) is 5.82 Å². The summed E-state index contributed by atoms with van der Waals surface area (Å²) >= 11 is 0. The highest BCUT2D eigenvalue weighted by Gasteiger charge is 2.29. The zero-order chi connectivity index (χ0) is 21.3. The molecular formula is C22H21F2NO4. The maximum Gasteiger partial charge on any atom is 0.311 e. The summed E-state index contributed by atoms with van der Waals surface area (Å²) in [4.78, 5) is 25.1. The van der Waals surface area contributed by atoms with E-state index in [9.17, 15) is 23.5 Å². The van der Waals surface area contributed by atoms with Gasteiger partial charge >= 0.3 is 5.97 Å². The van der Waals surface area contributed by atoms with E-state index in [0.717, 1.165) is 18.2 Å². The summed E-state index contributed by atoms with van der Waals surface area (Å²) in [5, 5.41) is 10.2. The predicted molar refractivity (Wildman–Crippen MR) is 105 cm³/mol. The van der Waals surface area contributed by atoms with E-state index >= 15 is 0 Å². The van der Waals surface area contributed by atoms with Gasteiger partial charge < -0.3 is 9.84 Å². The Bertz CT molecular complexity index is 1090. The van der Waals surface area contributed by atoms with Gasteiger partial charge in [-0.05, 0) is 49.2 Å². The van der Waals surface area contributed by atoms with Crippen molar-refractivity contribution < 1.29 is 28.2 Å². The van der Waals surface area contributed by atoms with E-state index in [0.29, 0.717) is 29.5 Å². The van der Waals surface area contributed by atoms with Crippen LogP contribution in [-0.2, 0) is 4.79 Å². The third kappa shape index (κ3) is 3.60. The second-order valence-electron chi connectivity index (χ2n) is 6.83. The first-order chi connectivity index (χ1) is 13.8. The number of ether oxygens (including phenoxy) is 1. The number of carbonyl (C=O) groups is 2. The number of hydrogen-bond donors (Lipinski definition) is 1. The Hall–Kier alpha value is -3.22. The Kier molecular flexibility index (Phi) is 5.68. The normalized spacial score (nSPS) is 12.2. The predicted octanol–water partition coefficient (Wildman–Crippen LogP) is 4.89. The highest BCUT2D eigenvalue weighted by molar-refractivity contribution is 6.05. The summed E-state index contributed by atoms with van der Waals surface area (Å²) in [5.74, 6) is -3.57. The quantitative estimate of drug-likeness (QED) is 0.638. The maximum atomic E-state index is 14.5. The number of carbonyl (C=O) groups excluding carboxylic acids is 1. The topological polar surface area (TPSA) is 68.5 Å². The van der Waals surface area contributed by atoms with Gasteiger partial charge in [0.25, 0.3) is 5.91 Å². The molecule has 5 nitrogen and oxygen atoms in total. The molecule has 0 bridgehead atoms. The number of hydrogen-bond acceptors (Lipinski definition) is 3. The van der Waals surface area contributed by atoms with Crippen molar-refractivity contribution in [3.05, 3.63) is 64.9 Å². The van der Waals surface area contributed by atoms with E-state index in [1.165, 1.54) is 29.9 Å². The molecule has 1 atom stereocenters. The lowest BCUT2D eigenvalue weighted by Gasteiger charge is -2.13. The molecule has 0 aliphatic rings.